The van der Waals surface area contributed by atoms with Gasteiger partial charge in [0.1, 0.15) is 6.04 Å². The van der Waals surface area contributed by atoms with Gasteiger partial charge in [0.15, 0.2) is 0 Å². The van der Waals surface area contributed by atoms with E-state index in [9.17, 15) is 9.59 Å². The van der Waals surface area contributed by atoms with Crippen molar-refractivity contribution in [3.8, 4) is 0 Å². The van der Waals surface area contributed by atoms with Crippen LogP contribution >= 0.6 is 12.4 Å². The molecule has 2 unspecified atom stereocenters. The predicted molar refractivity (Wildman–Crippen MR) is 103 cm³/mol. The van der Waals surface area contributed by atoms with E-state index in [2.05, 4.69) is 10.6 Å². The molecule has 2 N–H and O–H groups in total. The third kappa shape index (κ3) is 5.44. The summed E-state index contributed by atoms with van der Waals surface area (Å²) < 4.78 is 0. The molecular weight excluding hydrogens is 338 g/mol. The minimum Gasteiger partial charge on any atom is -0.340 e. The number of likely N-dealkylation sites (N-methyl/N-ethyl adjacent to an activating group) is 1. The first kappa shape index (κ1) is 21.5. The van der Waals surface area contributed by atoms with Gasteiger partial charge in [0.2, 0.25) is 5.91 Å². The predicted octanol–water partition coefficient (Wildman–Crippen LogP) is 2.38. The Labute approximate surface area is 157 Å². The highest BCUT2D eigenvalue weighted by molar-refractivity contribution is 5.98. The molecule has 5 nitrogen and oxygen atoms in total. The molecule has 1 saturated heterocycles. The molecule has 0 aliphatic carbocycles. The van der Waals surface area contributed by atoms with Crippen LogP contribution < -0.4 is 10.6 Å². The summed E-state index contributed by atoms with van der Waals surface area (Å²) in [4.78, 5) is 27.4. The molecule has 2 rings (SSSR count). The minimum atomic E-state index is -0.493. The molecule has 0 saturated carbocycles. The van der Waals surface area contributed by atoms with E-state index in [0.717, 1.165) is 24.9 Å². The first-order valence-corrected chi connectivity index (χ1v) is 8.76. The number of amides is 2. The molecule has 0 radical (unpaired) electrons. The van der Waals surface area contributed by atoms with E-state index in [4.69, 9.17) is 0 Å². The number of halogens is 1. The summed E-state index contributed by atoms with van der Waals surface area (Å²) in [5.74, 6) is -0.116. The monoisotopic (exact) mass is 367 g/mol. The summed E-state index contributed by atoms with van der Waals surface area (Å²) in [5, 5.41) is 6.20. The Kier molecular flexibility index (Phi) is 8.39. The molecule has 140 valence electrons. The van der Waals surface area contributed by atoms with Gasteiger partial charge in [-0.3, -0.25) is 9.59 Å². The molecule has 1 aromatic rings. The van der Waals surface area contributed by atoms with E-state index in [-0.39, 0.29) is 30.1 Å². The van der Waals surface area contributed by atoms with Crippen molar-refractivity contribution in [2.24, 2.45) is 5.92 Å². The molecule has 1 aromatic carbocycles. The van der Waals surface area contributed by atoms with Gasteiger partial charge in [-0.1, -0.05) is 32.0 Å². The summed E-state index contributed by atoms with van der Waals surface area (Å²) in [6, 6.07) is 7.29. The first-order chi connectivity index (χ1) is 11.4. The number of likely N-dealkylation sites (tertiary alicyclic amines) is 1. The van der Waals surface area contributed by atoms with Gasteiger partial charge in [-0.15, -0.1) is 12.4 Å². The van der Waals surface area contributed by atoms with Gasteiger partial charge >= 0.3 is 0 Å². The second kappa shape index (κ2) is 9.78. The maximum absolute atomic E-state index is 12.9. The summed E-state index contributed by atoms with van der Waals surface area (Å²) in [6.45, 7) is 7.32. The van der Waals surface area contributed by atoms with E-state index in [0.29, 0.717) is 18.2 Å². The van der Waals surface area contributed by atoms with Crippen molar-refractivity contribution in [2.75, 3.05) is 20.1 Å². The van der Waals surface area contributed by atoms with Crippen molar-refractivity contribution in [3.05, 3.63) is 35.4 Å². The lowest BCUT2D eigenvalue weighted by molar-refractivity contribution is -0.135. The van der Waals surface area contributed by atoms with Gasteiger partial charge in [-0.25, -0.2) is 0 Å². The smallest absolute Gasteiger partial charge is 0.252 e. The van der Waals surface area contributed by atoms with E-state index in [1.165, 1.54) is 0 Å². The number of carbonyl (C=O) groups is 2. The van der Waals surface area contributed by atoms with Crippen LogP contribution in [0.4, 0.5) is 0 Å². The van der Waals surface area contributed by atoms with Crippen LogP contribution in [-0.2, 0) is 4.79 Å². The minimum absolute atomic E-state index is 0. The molecule has 0 aromatic heterocycles. The van der Waals surface area contributed by atoms with Crippen LogP contribution in [0.2, 0.25) is 0 Å². The molecule has 25 heavy (non-hydrogen) atoms. The third-order valence-corrected chi connectivity index (χ3v) is 4.75. The van der Waals surface area contributed by atoms with Crippen LogP contribution in [0.5, 0.6) is 0 Å². The zero-order valence-corrected chi connectivity index (χ0v) is 16.4. The van der Waals surface area contributed by atoms with Crippen LogP contribution in [0.15, 0.2) is 24.3 Å². The van der Waals surface area contributed by atoms with E-state index >= 15 is 0 Å². The van der Waals surface area contributed by atoms with E-state index in [1.807, 2.05) is 50.9 Å². The van der Waals surface area contributed by atoms with Crippen LogP contribution in [0, 0.1) is 12.8 Å². The van der Waals surface area contributed by atoms with Crippen molar-refractivity contribution in [1.82, 2.24) is 15.5 Å². The average molecular weight is 368 g/mol. The Bertz CT molecular complexity index is 592. The van der Waals surface area contributed by atoms with Crippen molar-refractivity contribution >= 4 is 24.2 Å². The van der Waals surface area contributed by atoms with Gasteiger partial charge in [0, 0.05) is 24.7 Å². The molecule has 0 spiro atoms. The first-order valence-electron chi connectivity index (χ1n) is 8.76. The summed E-state index contributed by atoms with van der Waals surface area (Å²) in [7, 11) is 1.93. The summed E-state index contributed by atoms with van der Waals surface area (Å²) in [5.41, 5.74) is 1.54. The van der Waals surface area contributed by atoms with Crippen LogP contribution in [0.3, 0.4) is 0 Å². The lowest BCUT2D eigenvalue weighted by atomic mass is 9.99. The van der Waals surface area contributed by atoms with Gasteiger partial charge in [-0.2, -0.15) is 0 Å². The number of nitrogens with zero attached hydrogens (tertiary/aromatic N) is 1. The van der Waals surface area contributed by atoms with Crippen molar-refractivity contribution in [3.63, 3.8) is 0 Å². The molecule has 2 amide bonds. The topological polar surface area (TPSA) is 61.4 Å². The van der Waals surface area contributed by atoms with E-state index < -0.39 is 6.04 Å². The summed E-state index contributed by atoms with van der Waals surface area (Å²) >= 11 is 0. The molecule has 1 aliphatic heterocycles. The Morgan fingerprint density at radius 1 is 1.24 bits per heavy atom. The molecule has 1 aliphatic rings. The zero-order chi connectivity index (χ0) is 17.7. The molecule has 0 bridgehead atoms. The van der Waals surface area contributed by atoms with Crippen LogP contribution in [-0.4, -0.2) is 48.9 Å². The lowest BCUT2D eigenvalue weighted by Crippen LogP contribution is -2.55. The molecule has 1 heterocycles. The number of benzene rings is 1. The Hall–Kier alpha value is -1.59. The lowest BCUT2D eigenvalue weighted by Gasteiger charge is -2.36. The Morgan fingerprint density at radius 3 is 2.52 bits per heavy atom. The number of hydrogen-bond donors (Lipinski definition) is 2. The maximum atomic E-state index is 12.9. The molecular formula is C19H30ClN3O2. The van der Waals surface area contributed by atoms with E-state index in [1.54, 1.807) is 6.07 Å². The number of rotatable bonds is 5. The second-order valence-electron chi connectivity index (χ2n) is 6.92. The average Bonchev–Trinajstić information content (AvgIpc) is 2.59. The maximum Gasteiger partial charge on any atom is 0.252 e. The quantitative estimate of drug-likeness (QED) is 0.840. The molecule has 6 heteroatoms. The van der Waals surface area contributed by atoms with Gasteiger partial charge in [0.05, 0.1) is 0 Å². The standard InChI is InChI=1S/C19H29N3O2.ClH/c1-13(2)17(19(24)22-11-7-9-15(12-22)20-4)21-18(23)16-10-6-5-8-14(16)3;/h5-6,8,10,13,15,17,20H,7,9,11-12H2,1-4H3,(H,21,23);1H. The fourth-order valence-corrected chi connectivity index (χ4v) is 3.17. The Balaban J connectivity index is 0.00000312. The SMILES string of the molecule is CNC1CCCN(C(=O)C(NC(=O)c2ccccc2C)C(C)C)C1.Cl. The highest BCUT2D eigenvalue weighted by Crippen LogP contribution is 2.15. The number of nitrogens with one attached hydrogen (secondary N) is 2. The van der Waals surface area contributed by atoms with Crippen molar-refractivity contribution in [2.45, 2.75) is 45.7 Å². The number of carbonyl (C=O) groups excluding carboxylic acids is 2. The fraction of sp³-hybridized carbons (Fsp3) is 0.579. The van der Waals surface area contributed by atoms with Crippen LogP contribution in [0.1, 0.15) is 42.6 Å². The number of hydrogen-bond acceptors (Lipinski definition) is 3. The zero-order valence-electron chi connectivity index (χ0n) is 15.5. The number of aryl methyl sites for hydroxylation is 1. The fourth-order valence-electron chi connectivity index (χ4n) is 3.17. The van der Waals surface area contributed by atoms with Crippen molar-refractivity contribution in [1.29, 1.82) is 0 Å². The largest absolute Gasteiger partial charge is 0.340 e. The highest BCUT2D eigenvalue weighted by atomic mass is 35.5. The van der Waals surface area contributed by atoms with Gasteiger partial charge in [-0.05, 0) is 44.4 Å². The third-order valence-electron chi connectivity index (χ3n) is 4.75. The van der Waals surface area contributed by atoms with Gasteiger partial charge in [0.25, 0.3) is 5.91 Å². The van der Waals surface area contributed by atoms with Crippen molar-refractivity contribution < 1.29 is 9.59 Å². The van der Waals surface area contributed by atoms with Gasteiger partial charge < -0.3 is 15.5 Å². The molecule has 2 atom stereocenters. The second-order valence-corrected chi connectivity index (χ2v) is 6.92. The van der Waals surface area contributed by atoms with Crippen LogP contribution in [0.25, 0.3) is 0 Å². The normalized spacial score (nSPS) is 18.4. The Morgan fingerprint density at radius 2 is 1.92 bits per heavy atom. The highest BCUT2D eigenvalue weighted by Gasteiger charge is 2.31. The summed E-state index contributed by atoms with van der Waals surface area (Å²) in [6.07, 6.45) is 2.08. The molecule has 1 fully saturated rings. The number of piperidine rings is 1.